The number of carbonyl (C=O) groups is 1. The molecule has 0 unspecified atom stereocenters. The van der Waals surface area contributed by atoms with Crippen LogP contribution in [0, 0.1) is 0 Å². The van der Waals surface area contributed by atoms with Crippen molar-refractivity contribution in [2.24, 2.45) is 0 Å². The average Bonchev–Trinajstić information content (AvgIpc) is 3.14. The number of nitrogens with zero attached hydrogens (tertiary/aromatic N) is 1. The molecule has 0 atom stereocenters. The summed E-state index contributed by atoms with van der Waals surface area (Å²) in [5.41, 5.74) is 4.60. The maximum absolute atomic E-state index is 11.2. The van der Waals surface area contributed by atoms with Gasteiger partial charge in [-0.3, -0.25) is 4.98 Å². The van der Waals surface area contributed by atoms with E-state index in [0.717, 1.165) is 53.7 Å². The lowest BCUT2D eigenvalue weighted by Crippen LogP contribution is -2.06. The fourth-order valence-corrected chi connectivity index (χ4v) is 2.88. The largest absolute Gasteiger partial charge is 0.494 e. The van der Waals surface area contributed by atoms with Crippen molar-refractivity contribution in [1.29, 1.82) is 0 Å². The SMILES string of the molecule is C=C(C)C(=O)OCCCCCCOc1ccc(-c2cc3ncccc3[nH]2)cc1. The monoisotopic (exact) mass is 378 g/mol. The first kappa shape index (κ1) is 19.7. The predicted octanol–water partition coefficient (Wildman–Crippen LogP) is 5.29. The first-order valence-electron chi connectivity index (χ1n) is 9.63. The molecule has 146 valence electrons. The summed E-state index contributed by atoms with van der Waals surface area (Å²) in [6.07, 6.45) is 5.70. The summed E-state index contributed by atoms with van der Waals surface area (Å²) in [5, 5.41) is 0. The zero-order valence-corrected chi connectivity index (χ0v) is 16.2. The second-order valence-electron chi connectivity index (χ2n) is 6.82. The Morgan fingerprint density at radius 1 is 1.07 bits per heavy atom. The molecule has 28 heavy (non-hydrogen) atoms. The maximum atomic E-state index is 11.2. The molecule has 3 rings (SSSR count). The molecule has 0 aliphatic carbocycles. The van der Waals surface area contributed by atoms with Crippen LogP contribution >= 0.6 is 0 Å². The Labute approximate surface area is 165 Å². The molecule has 0 saturated carbocycles. The van der Waals surface area contributed by atoms with E-state index in [1.807, 2.05) is 24.3 Å². The van der Waals surface area contributed by atoms with Crippen LogP contribution in [-0.4, -0.2) is 29.2 Å². The summed E-state index contributed by atoms with van der Waals surface area (Å²) in [6, 6.07) is 14.1. The topological polar surface area (TPSA) is 64.2 Å². The Hall–Kier alpha value is -3.08. The zero-order valence-electron chi connectivity index (χ0n) is 16.2. The molecule has 0 radical (unpaired) electrons. The van der Waals surface area contributed by atoms with Gasteiger partial charge in [-0.1, -0.05) is 6.58 Å². The van der Waals surface area contributed by atoms with Gasteiger partial charge in [0.25, 0.3) is 0 Å². The van der Waals surface area contributed by atoms with Gasteiger partial charge in [-0.15, -0.1) is 0 Å². The number of ether oxygens (including phenoxy) is 2. The molecule has 3 aromatic rings. The number of benzene rings is 1. The van der Waals surface area contributed by atoms with Crippen molar-refractivity contribution in [2.75, 3.05) is 13.2 Å². The Kier molecular flexibility index (Phi) is 6.84. The summed E-state index contributed by atoms with van der Waals surface area (Å²) in [6.45, 7) is 6.35. The van der Waals surface area contributed by atoms with Crippen LogP contribution < -0.4 is 4.74 Å². The minimum absolute atomic E-state index is 0.310. The molecule has 0 bridgehead atoms. The number of rotatable bonds is 10. The standard InChI is InChI=1S/C23H26N2O3/c1-17(2)23(26)28-15-6-4-3-5-14-27-19-11-9-18(10-12-19)21-16-22-20(25-21)8-7-13-24-22/h7-13,16,25H,1,3-6,14-15H2,2H3. The third-order valence-corrected chi connectivity index (χ3v) is 4.44. The van der Waals surface area contributed by atoms with E-state index in [1.54, 1.807) is 13.1 Å². The van der Waals surface area contributed by atoms with Gasteiger partial charge in [0, 0.05) is 17.5 Å². The third-order valence-electron chi connectivity index (χ3n) is 4.44. The highest BCUT2D eigenvalue weighted by Gasteiger charge is 2.04. The quantitative estimate of drug-likeness (QED) is 0.296. The van der Waals surface area contributed by atoms with Crippen LogP contribution in [0.3, 0.4) is 0 Å². The van der Waals surface area contributed by atoms with Crippen molar-refractivity contribution in [2.45, 2.75) is 32.6 Å². The van der Waals surface area contributed by atoms with E-state index in [9.17, 15) is 4.79 Å². The maximum Gasteiger partial charge on any atom is 0.333 e. The van der Waals surface area contributed by atoms with E-state index < -0.39 is 0 Å². The first-order valence-corrected chi connectivity index (χ1v) is 9.63. The summed E-state index contributed by atoms with van der Waals surface area (Å²) in [4.78, 5) is 19.0. The number of hydrogen-bond acceptors (Lipinski definition) is 4. The van der Waals surface area contributed by atoms with Crippen LogP contribution in [-0.2, 0) is 9.53 Å². The number of nitrogens with one attached hydrogen (secondary N) is 1. The van der Waals surface area contributed by atoms with Crippen molar-refractivity contribution in [3.05, 3.63) is 60.8 Å². The van der Waals surface area contributed by atoms with Crippen LogP contribution in [0.5, 0.6) is 5.75 Å². The molecule has 1 aromatic carbocycles. The Balaban J connectivity index is 1.36. The van der Waals surface area contributed by atoms with Crippen LogP contribution in [0.4, 0.5) is 0 Å². The molecule has 0 fully saturated rings. The highest BCUT2D eigenvalue weighted by atomic mass is 16.5. The summed E-state index contributed by atoms with van der Waals surface area (Å²) in [5.74, 6) is 0.559. The Bertz CT molecular complexity index is 895. The lowest BCUT2D eigenvalue weighted by Gasteiger charge is -2.07. The average molecular weight is 378 g/mol. The molecule has 0 aliphatic rings. The summed E-state index contributed by atoms with van der Waals surface area (Å²) >= 11 is 0. The first-order chi connectivity index (χ1) is 13.6. The minimum atomic E-state index is -0.310. The van der Waals surface area contributed by atoms with Crippen LogP contribution in [0.2, 0.25) is 0 Å². The highest BCUT2D eigenvalue weighted by molar-refractivity contribution is 5.86. The molecule has 0 saturated heterocycles. The zero-order chi connectivity index (χ0) is 19.8. The number of esters is 1. The number of aromatic nitrogens is 2. The van der Waals surface area contributed by atoms with E-state index in [2.05, 4.69) is 34.7 Å². The summed E-state index contributed by atoms with van der Waals surface area (Å²) in [7, 11) is 0. The molecule has 1 N–H and O–H groups in total. The van der Waals surface area contributed by atoms with Crippen LogP contribution in [0.15, 0.2) is 60.8 Å². The van der Waals surface area contributed by atoms with Gasteiger partial charge < -0.3 is 14.5 Å². The second kappa shape index (κ2) is 9.74. The molecule has 2 aromatic heterocycles. The van der Waals surface area contributed by atoms with Gasteiger partial charge in [0.05, 0.1) is 24.2 Å². The normalized spacial score (nSPS) is 10.8. The molecular weight excluding hydrogens is 352 g/mol. The minimum Gasteiger partial charge on any atom is -0.494 e. The van der Waals surface area contributed by atoms with Crippen molar-refractivity contribution < 1.29 is 14.3 Å². The fraction of sp³-hybridized carbons (Fsp3) is 0.304. The number of carbonyl (C=O) groups excluding carboxylic acids is 1. The van der Waals surface area contributed by atoms with Gasteiger partial charge in [-0.05, 0) is 80.6 Å². The molecule has 0 spiro atoms. The Morgan fingerprint density at radius 2 is 1.82 bits per heavy atom. The number of hydrogen-bond donors (Lipinski definition) is 1. The van der Waals surface area contributed by atoms with E-state index in [0.29, 0.717) is 18.8 Å². The number of fused-ring (bicyclic) bond motifs is 1. The lowest BCUT2D eigenvalue weighted by molar-refractivity contribution is -0.139. The fourth-order valence-electron chi connectivity index (χ4n) is 2.88. The molecular formula is C23H26N2O3. The second-order valence-corrected chi connectivity index (χ2v) is 6.82. The van der Waals surface area contributed by atoms with Gasteiger partial charge in [0.2, 0.25) is 0 Å². The molecule has 5 nitrogen and oxygen atoms in total. The van der Waals surface area contributed by atoms with E-state index in [-0.39, 0.29) is 5.97 Å². The lowest BCUT2D eigenvalue weighted by atomic mass is 10.1. The molecule has 0 aliphatic heterocycles. The van der Waals surface area contributed by atoms with E-state index in [4.69, 9.17) is 9.47 Å². The van der Waals surface area contributed by atoms with Gasteiger partial charge in [-0.2, -0.15) is 0 Å². The van der Waals surface area contributed by atoms with Crippen molar-refractivity contribution in [1.82, 2.24) is 9.97 Å². The molecule has 0 amide bonds. The van der Waals surface area contributed by atoms with Crippen LogP contribution in [0.25, 0.3) is 22.3 Å². The Morgan fingerprint density at radius 3 is 2.54 bits per heavy atom. The van der Waals surface area contributed by atoms with Gasteiger partial charge in [0.15, 0.2) is 0 Å². The van der Waals surface area contributed by atoms with Gasteiger partial charge in [-0.25, -0.2) is 4.79 Å². The predicted molar refractivity (Wildman–Crippen MR) is 111 cm³/mol. The van der Waals surface area contributed by atoms with Gasteiger partial charge >= 0.3 is 5.97 Å². The van der Waals surface area contributed by atoms with E-state index in [1.165, 1.54) is 0 Å². The van der Waals surface area contributed by atoms with Crippen molar-refractivity contribution in [3.63, 3.8) is 0 Å². The number of H-pyrrole nitrogens is 1. The molecule has 2 heterocycles. The smallest absolute Gasteiger partial charge is 0.333 e. The van der Waals surface area contributed by atoms with E-state index >= 15 is 0 Å². The highest BCUT2D eigenvalue weighted by Crippen LogP contribution is 2.24. The molecule has 5 heteroatoms. The van der Waals surface area contributed by atoms with Gasteiger partial charge in [0.1, 0.15) is 5.75 Å². The van der Waals surface area contributed by atoms with Crippen molar-refractivity contribution >= 4 is 17.0 Å². The number of aromatic amines is 1. The third kappa shape index (κ3) is 5.46. The summed E-state index contributed by atoms with van der Waals surface area (Å²) < 4.78 is 10.9. The number of pyridine rings is 1. The van der Waals surface area contributed by atoms with Crippen molar-refractivity contribution in [3.8, 4) is 17.0 Å². The van der Waals surface area contributed by atoms with Crippen LogP contribution in [0.1, 0.15) is 32.6 Å². The number of unbranched alkanes of at least 4 members (excludes halogenated alkanes) is 3.